The van der Waals surface area contributed by atoms with E-state index in [2.05, 4.69) is 26.0 Å². The number of hydrogen-bond acceptors (Lipinski definition) is 5. The average Bonchev–Trinajstić information content (AvgIpc) is 2.94. The van der Waals surface area contributed by atoms with Gasteiger partial charge in [-0.2, -0.15) is 14.6 Å². The number of hydrogen-bond donors (Lipinski definition) is 0. The third-order valence-electron chi connectivity index (χ3n) is 4.11. The lowest BCUT2D eigenvalue weighted by molar-refractivity contribution is 0.811. The van der Waals surface area contributed by atoms with Crippen molar-refractivity contribution in [2.45, 2.75) is 13.3 Å². The minimum absolute atomic E-state index is 0.265. The van der Waals surface area contributed by atoms with E-state index in [1.165, 1.54) is 4.52 Å². The molecule has 0 amide bonds. The largest absolute Gasteiger partial charge is 0.296 e. The number of thiazole rings is 1. The van der Waals surface area contributed by atoms with E-state index in [-0.39, 0.29) is 11.3 Å². The number of aromatic nitrogens is 3. The second kappa shape index (κ2) is 7.17. The Hall–Kier alpha value is -2.64. The van der Waals surface area contributed by atoms with Crippen LogP contribution in [0, 0.1) is 6.92 Å². The molecule has 4 aromatic rings. The van der Waals surface area contributed by atoms with Crippen molar-refractivity contribution in [3.05, 3.63) is 101 Å². The molecule has 27 heavy (non-hydrogen) atoms. The van der Waals surface area contributed by atoms with E-state index in [9.17, 15) is 9.59 Å². The lowest BCUT2D eigenvalue weighted by Gasteiger charge is -2.01. The van der Waals surface area contributed by atoms with E-state index in [1.54, 1.807) is 6.08 Å². The molecule has 0 N–H and O–H groups in total. The molecule has 0 saturated carbocycles. The van der Waals surface area contributed by atoms with Gasteiger partial charge in [0.2, 0.25) is 4.96 Å². The van der Waals surface area contributed by atoms with Crippen molar-refractivity contribution in [1.82, 2.24) is 14.6 Å². The number of benzene rings is 2. The standard InChI is InChI=1S/C20H14BrN3O2S/c1-12-2-4-13(5-3-12)10-16-18(25)22-20-24(23-16)19(26)17(27-20)11-14-6-8-15(21)9-7-14/h2-9,11H,10H2,1H3/b17-11+. The zero-order valence-electron chi connectivity index (χ0n) is 14.3. The normalized spacial score (nSPS) is 12.0. The highest BCUT2D eigenvalue weighted by atomic mass is 79.9. The predicted molar refractivity (Wildman–Crippen MR) is 110 cm³/mol. The minimum Gasteiger partial charge on any atom is -0.266 e. The summed E-state index contributed by atoms with van der Waals surface area (Å²) in [5.74, 6) is 0. The molecule has 0 atom stereocenters. The fourth-order valence-electron chi connectivity index (χ4n) is 2.66. The van der Waals surface area contributed by atoms with Crippen molar-refractivity contribution in [3.8, 4) is 0 Å². The summed E-state index contributed by atoms with van der Waals surface area (Å²) in [5.41, 5.74) is 2.59. The topological polar surface area (TPSA) is 64.3 Å². The van der Waals surface area contributed by atoms with Gasteiger partial charge in [-0.15, -0.1) is 0 Å². The molecule has 0 bridgehead atoms. The van der Waals surface area contributed by atoms with Gasteiger partial charge in [0.25, 0.3) is 11.1 Å². The summed E-state index contributed by atoms with van der Waals surface area (Å²) in [6, 6.07) is 15.5. The van der Waals surface area contributed by atoms with E-state index < -0.39 is 5.56 Å². The summed E-state index contributed by atoms with van der Waals surface area (Å²) in [4.78, 5) is 29.4. The molecule has 7 heteroatoms. The van der Waals surface area contributed by atoms with Crippen LogP contribution in [0.4, 0.5) is 0 Å². The van der Waals surface area contributed by atoms with Crippen LogP contribution in [0.2, 0.25) is 0 Å². The van der Waals surface area contributed by atoms with Crippen LogP contribution in [-0.4, -0.2) is 14.6 Å². The molecule has 2 aromatic heterocycles. The predicted octanol–water partition coefficient (Wildman–Crippen LogP) is 2.72. The molecule has 0 aliphatic carbocycles. The second-order valence-corrected chi connectivity index (χ2v) is 8.11. The van der Waals surface area contributed by atoms with Gasteiger partial charge in [-0.25, -0.2) is 0 Å². The van der Waals surface area contributed by atoms with Gasteiger partial charge in [0.15, 0.2) is 0 Å². The van der Waals surface area contributed by atoms with Crippen LogP contribution in [0.15, 0.2) is 62.6 Å². The number of fused-ring (bicyclic) bond motifs is 1. The first-order valence-electron chi connectivity index (χ1n) is 8.25. The average molecular weight is 440 g/mol. The molecule has 0 spiro atoms. The summed E-state index contributed by atoms with van der Waals surface area (Å²) >= 11 is 4.55. The van der Waals surface area contributed by atoms with Gasteiger partial charge in [0.1, 0.15) is 5.69 Å². The first-order valence-corrected chi connectivity index (χ1v) is 9.86. The van der Waals surface area contributed by atoms with Gasteiger partial charge in [-0.05, 0) is 36.3 Å². The van der Waals surface area contributed by atoms with E-state index >= 15 is 0 Å². The molecular weight excluding hydrogens is 426 g/mol. The van der Waals surface area contributed by atoms with Crippen LogP contribution in [0.1, 0.15) is 22.4 Å². The SMILES string of the molecule is Cc1ccc(Cc2nn3c(=O)/c(=C\c4ccc(Br)cc4)sc3nc2=O)cc1. The lowest BCUT2D eigenvalue weighted by atomic mass is 10.1. The first-order chi connectivity index (χ1) is 13.0. The highest BCUT2D eigenvalue weighted by Gasteiger charge is 2.11. The van der Waals surface area contributed by atoms with Crippen LogP contribution in [0.5, 0.6) is 0 Å². The van der Waals surface area contributed by atoms with Crippen LogP contribution >= 0.6 is 27.3 Å². The minimum atomic E-state index is -0.396. The van der Waals surface area contributed by atoms with Crippen LogP contribution < -0.4 is 15.7 Å². The molecule has 4 rings (SSSR count). The number of aryl methyl sites for hydroxylation is 1. The van der Waals surface area contributed by atoms with E-state index in [0.717, 1.165) is 32.5 Å². The molecule has 0 aliphatic heterocycles. The maximum atomic E-state index is 12.7. The maximum Gasteiger partial charge on any atom is 0.296 e. The second-order valence-electron chi connectivity index (χ2n) is 6.19. The summed E-state index contributed by atoms with van der Waals surface area (Å²) in [7, 11) is 0. The molecule has 0 radical (unpaired) electrons. The Kier molecular flexibility index (Phi) is 4.72. The zero-order valence-corrected chi connectivity index (χ0v) is 16.8. The van der Waals surface area contributed by atoms with Gasteiger partial charge < -0.3 is 0 Å². The van der Waals surface area contributed by atoms with Crippen molar-refractivity contribution < 1.29 is 0 Å². The van der Waals surface area contributed by atoms with Crippen LogP contribution in [-0.2, 0) is 6.42 Å². The smallest absolute Gasteiger partial charge is 0.266 e. The van der Waals surface area contributed by atoms with Gasteiger partial charge in [-0.3, -0.25) is 9.59 Å². The van der Waals surface area contributed by atoms with Gasteiger partial charge in [0, 0.05) is 10.9 Å². The van der Waals surface area contributed by atoms with Crippen molar-refractivity contribution >= 4 is 38.3 Å². The van der Waals surface area contributed by atoms with Crippen molar-refractivity contribution in [3.63, 3.8) is 0 Å². The van der Waals surface area contributed by atoms with Gasteiger partial charge in [0.05, 0.1) is 4.53 Å². The van der Waals surface area contributed by atoms with Crippen molar-refractivity contribution in [2.75, 3.05) is 0 Å². The van der Waals surface area contributed by atoms with Crippen molar-refractivity contribution in [2.24, 2.45) is 0 Å². The lowest BCUT2D eigenvalue weighted by Crippen LogP contribution is -2.28. The molecule has 0 saturated heterocycles. The Labute approximate surface area is 166 Å². The Balaban J connectivity index is 1.79. The number of nitrogens with zero attached hydrogens (tertiary/aromatic N) is 3. The third-order valence-corrected chi connectivity index (χ3v) is 5.60. The van der Waals surface area contributed by atoms with E-state index in [1.807, 2.05) is 55.5 Å². The molecule has 2 aromatic carbocycles. The highest BCUT2D eigenvalue weighted by Crippen LogP contribution is 2.11. The highest BCUT2D eigenvalue weighted by molar-refractivity contribution is 9.10. The fraction of sp³-hybridized carbons (Fsp3) is 0.100. The molecule has 0 fully saturated rings. The molecule has 134 valence electrons. The molecule has 0 aliphatic rings. The van der Waals surface area contributed by atoms with Crippen LogP contribution in [0.3, 0.4) is 0 Å². The Morgan fingerprint density at radius 2 is 1.78 bits per heavy atom. The number of halogens is 1. The zero-order chi connectivity index (χ0) is 19.0. The summed E-state index contributed by atoms with van der Waals surface area (Å²) in [5, 5.41) is 4.28. The van der Waals surface area contributed by atoms with Crippen LogP contribution in [0.25, 0.3) is 11.0 Å². The summed E-state index contributed by atoms with van der Waals surface area (Å²) < 4.78 is 2.68. The Morgan fingerprint density at radius 1 is 1.07 bits per heavy atom. The summed E-state index contributed by atoms with van der Waals surface area (Å²) in [6.45, 7) is 2.00. The molecule has 2 heterocycles. The maximum absolute atomic E-state index is 12.7. The monoisotopic (exact) mass is 439 g/mol. The number of rotatable bonds is 3. The first kappa shape index (κ1) is 17.8. The molecular formula is C20H14BrN3O2S. The van der Waals surface area contributed by atoms with Gasteiger partial charge >= 0.3 is 0 Å². The Bertz CT molecular complexity index is 1290. The molecule has 0 unspecified atom stereocenters. The molecule has 5 nitrogen and oxygen atoms in total. The fourth-order valence-corrected chi connectivity index (χ4v) is 3.83. The van der Waals surface area contributed by atoms with Crippen molar-refractivity contribution in [1.29, 1.82) is 0 Å². The van der Waals surface area contributed by atoms with Gasteiger partial charge in [-0.1, -0.05) is 69.2 Å². The van der Waals surface area contributed by atoms with E-state index in [0.29, 0.717) is 15.9 Å². The Morgan fingerprint density at radius 3 is 2.48 bits per heavy atom. The quantitative estimate of drug-likeness (QED) is 0.492. The summed E-state index contributed by atoms with van der Waals surface area (Å²) in [6.07, 6.45) is 2.12. The third kappa shape index (κ3) is 3.74. The van der Waals surface area contributed by atoms with E-state index in [4.69, 9.17) is 0 Å².